The summed E-state index contributed by atoms with van der Waals surface area (Å²) in [5.41, 5.74) is 11.1. The monoisotopic (exact) mass is 220 g/mol. The Kier molecular flexibility index (Phi) is 4.97. The van der Waals surface area contributed by atoms with Crippen LogP contribution in [0.1, 0.15) is 28.7 Å². The van der Waals surface area contributed by atoms with Crippen LogP contribution in [0.15, 0.2) is 12.1 Å². The summed E-state index contributed by atoms with van der Waals surface area (Å²) in [6, 6.07) is 4.53. The number of benzene rings is 1. The van der Waals surface area contributed by atoms with Gasteiger partial charge in [-0.2, -0.15) is 0 Å². The quantitative estimate of drug-likeness (QED) is 0.825. The molecule has 0 unspecified atom stereocenters. The van der Waals surface area contributed by atoms with E-state index in [0.29, 0.717) is 0 Å². The van der Waals surface area contributed by atoms with Crippen LogP contribution < -0.4 is 5.73 Å². The molecule has 0 aromatic heterocycles. The summed E-state index contributed by atoms with van der Waals surface area (Å²) in [7, 11) is 2.16. The topological polar surface area (TPSA) is 29.3 Å². The minimum atomic E-state index is 0.774. The Morgan fingerprint density at radius 3 is 2.19 bits per heavy atom. The molecule has 1 rings (SSSR count). The number of hydrogen-bond acceptors (Lipinski definition) is 2. The second-order valence-corrected chi connectivity index (χ2v) is 4.76. The van der Waals surface area contributed by atoms with Crippen LogP contribution in [0, 0.1) is 20.8 Å². The molecule has 90 valence electrons. The lowest BCUT2D eigenvalue weighted by Crippen LogP contribution is -2.22. The number of nitrogens with two attached hydrogens (primary N) is 1. The van der Waals surface area contributed by atoms with Crippen molar-refractivity contribution < 1.29 is 0 Å². The number of nitrogens with zero attached hydrogens (tertiary/aromatic N) is 1. The van der Waals surface area contributed by atoms with Crippen molar-refractivity contribution in [2.75, 3.05) is 20.1 Å². The van der Waals surface area contributed by atoms with E-state index in [-0.39, 0.29) is 0 Å². The average Bonchev–Trinajstić information content (AvgIpc) is 2.20. The van der Waals surface area contributed by atoms with Crippen LogP contribution in [0.2, 0.25) is 0 Å². The molecule has 0 bridgehead atoms. The van der Waals surface area contributed by atoms with Crippen LogP contribution in [0.25, 0.3) is 0 Å². The largest absolute Gasteiger partial charge is 0.330 e. The molecule has 0 saturated carbocycles. The van der Waals surface area contributed by atoms with E-state index >= 15 is 0 Å². The van der Waals surface area contributed by atoms with Crippen LogP contribution in [-0.4, -0.2) is 25.0 Å². The average molecular weight is 220 g/mol. The normalized spacial score (nSPS) is 11.1. The smallest absolute Gasteiger partial charge is 0.0235 e. The van der Waals surface area contributed by atoms with Crippen molar-refractivity contribution in [3.8, 4) is 0 Å². The molecule has 0 atom stereocenters. The molecule has 0 amide bonds. The molecule has 0 aliphatic carbocycles. The summed E-state index contributed by atoms with van der Waals surface area (Å²) in [5.74, 6) is 0. The molecule has 0 aliphatic rings. The molecule has 0 heterocycles. The first-order valence-corrected chi connectivity index (χ1v) is 6.00. The van der Waals surface area contributed by atoms with Gasteiger partial charge in [-0.3, -0.25) is 0 Å². The molecule has 0 spiro atoms. The molecule has 2 nitrogen and oxygen atoms in total. The summed E-state index contributed by atoms with van der Waals surface area (Å²) >= 11 is 0. The Bertz CT molecular complexity index is 322. The molecule has 16 heavy (non-hydrogen) atoms. The van der Waals surface area contributed by atoms with Gasteiger partial charge in [0.15, 0.2) is 0 Å². The van der Waals surface area contributed by atoms with Crippen LogP contribution in [0.5, 0.6) is 0 Å². The third-order valence-corrected chi connectivity index (χ3v) is 3.01. The summed E-state index contributed by atoms with van der Waals surface area (Å²) in [6.07, 6.45) is 1.07. The molecule has 0 radical (unpaired) electrons. The minimum absolute atomic E-state index is 0.774. The molecule has 1 aromatic carbocycles. The van der Waals surface area contributed by atoms with Gasteiger partial charge in [0.25, 0.3) is 0 Å². The van der Waals surface area contributed by atoms with E-state index in [1.54, 1.807) is 0 Å². The van der Waals surface area contributed by atoms with E-state index in [9.17, 15) is 0 Å². The second-order valence-electron chi connectivity index (χ2n) is 4.76. The predicted octanol–water partition coefficient (Wildman–Crippen LogP) is 2.39. The first kappa shape index (κ1) is 13.2. The zero-order valence-electron chi connectivity index (χ0n) is 11.0. The highest BCUT2D eigenvalue weighted by molar-refractivity contribution is 5.37. The van der Waals surface area contributed by atoms with Gasteiger partial charge in [-0.25, -0.2) is 0 Å². The summed E-state index contributed by atoms with van der Waals surface area (Å²) in [4.78, 5) is 2.34. The lowest BCUT2D eigenvalue weighted by Gasteiger charge is -2.19. The molecule has 0 saturated heterocycles. The van der Waals surface area contributed by atoms with Crippen LogP contribution in [0.4, 0.5) is 0 Å². The Labute approximate surface area is 99.5 Å². The van der Waals surface area contributed by atoms with Crippen molar-refractivity contribution in [1.82, 2.24) is 4.90 Å². The van der Waals surface area contributed by atoms with Gasteiger partial charge in [0.1, 0.15) is 0 Å². The van der Waals surface area contributed by atoms with Gasteiger partial charge in [-0.1, -0.05) is 17.7 Å². The van der Waals surface area contributed by atoms with E-state index < -0.39 is 0 Å². The maximum absolute atomic E-state index is 5.52. The maximum Gasteiger partial charge on any atom is 0.0235 e. The highest BCUT2D eigenvalue weighted by atomic mass is 15.1. The number of hydrogen-bond donors (Lipinski definition) is 1. The first-order chi connectivity index (χ1) is 7.54. The zero-order chi connectivity index (χ0) is 12.1. The number of rotatable bonds is 5. The Morgan fingerprint density at radius 1 is 1.12 bits per heavy atom. The van der Waals surface area contributed by atoms with E-state index in [1.807, 2.05) is 0 Å². The third kappa shape index (κ3) is 3.62. The van der Waals surface area contributed by atoms with Crippen molar-refractivity contribution in [3.05, 3.63) is 34.4 Å². The number of aryl methyl sites for hydroxylation is 3. The lowest BCUT2D eigenvalue weighted by atomic mass is 9.99. The van der Waals surface area contributed by atoms with E-state index in [1.165, 1.54) is 22.3 Å². The third-order valence-electron chi connectivity index (χ3n) is 3.01. The molecule has 0 fully saturated rings. The van der Waals surface area contributed by atoms with Gasteiger partial charge in [0.2, 0.25) is 0 Å². The zero-order valence-corrected chi connectivity index (χ0v) is 11.0. The first-order valence-electron chi connectivity index (χ1n) is 6.00. The fraction of sp³-hybridized carbons (Fsp3) is 0.571. The van der Waals surface area contributed by atoms with Crippen molar-refractivity contribution in [3.63, 3.8) is 0 Å². The second kappa shape index (κ2) is 6.02. The summed E-state index contributed by atoms with van der Waals surface area (Å²) < 4.78 is 0. The van der Waals surface area contributed by atoms with Gasteiger partial charge in [0.05, 0.1) is 0 Å². The van der Waals surface area contributed by atoms with Crippen molar-refractivity contribution in [2.24, 2.45) is 5.73 Å². The standard InChI is InChI=1S/C14H24N2/c1-11-8-12(2)14(13(3)9-11)10-16(4)7-5-6-15/h8-9H,5-7,10,15H2,1-4H3. The molecular formula is C14H24N2. The SMILES string of the molecule is Cc1cc(C)c(CN(C)CCCN)c(C)c1. The van der Waals surface area contributed by atoms with E-state index in [4.69, 9.17) is 5.73 Å². The van der Waals surface area contributed by atoms with Crippen LogP contribution in [0.3, 0.4) is 0 Å². The van der Waals surface area contributed by atoms with Crippen molar-refractivity contribution in [1.29, 1.82) is 0 Å². The summed E-state index contributed by atoms with van der Waals surface area (Å²) in [5, 5.41) is 0. The van der Waals surface area contributed by atoms with Gasteiger partial charge in [0, 0.05) is 6.54 Å². The van der Waals surface area contributed by atoms with Crippen LogP contribution >= 0.6 is 0 Å². The fourth-order valence-electron chi connectivity index (χ4n) is 2.17. The van der Waals surface area contributed by atoms with Gasteiger partial charge in [-0.15, -0.1) is 0 Å². The van der Waals surface area contributed by atoms with Gasteiger partial charge >= 0.3 is 0 Å². The van der Waals surface area contributed by atoms with Crippen LogP contribution in [-0.2, 0) is 6.54 Å². The van der Waals surface area contributed by atoms with Gasteiger partial charge < -0.3 is 10.6 Å². The van der Waals surface area contributed by atoms with E-state index in [2.05, 4.69) is 44.9 Å². The molecule has 1 aromatic rings. The highest BCUT2D eigenvalue weighted by Gasteiger charge is 2.06. The predicted molar refractivity (Wildman–Crippen MR) is 70.7 cm³/mol. The fourth-order valence-corrected chi connectivity index (χ4v) is 2.17. The minimum Gasteiger partial charge on any atom is -0.330 e. The summed E-state index contributed by atoms with van der Waals surface area (Å²) in [6.45, 7) is 9.43. The highest BCUT2D eigenvalue weighted by Crippen LogP contribution is 2.17. The molecule has 2 N–H and O–H groups in total. The molecule has 0 aliphatic heterocycles. The van der Waals surface area contributed by atoms with Gasteiger partial charge in [-0.05, 0) is 64.0 Å². The van der Waals surface area contributed by atoms with E-state index in [0.717, 1.165) is 26.1 Å². The lowest BCUT2D eigenvalue weighted by molar-refractivity contribution is 0.323. The Hall–Kier alpha value is -0.860. The van der Waals surface area contributed by atoms with Crippen molar-refractivity contribution >= 4 is 0 Å². The molecular weight excluding hydrogens is 196 g/mol. The Balaban J connectivity index is 2.73. The Morgan fingerprint density at radius 2 is 1.69 bits per heavy atom. The van der Waals surface area contributed by atoms with Crippen molar-refractivity contribution in [2.45, 2.75) is 33.7 Å². The molecule has 2 heteroatoms. The maximum atomic E-state index is 5.52.